The van der Waals surface area contributed by atoms with Crippen LogP contribution in [0.25, 0.3) is 0 Å². The number of carbonyl (C=O) groups is 2. The van der Waals surface area contributed by atoms with Gasteiger partial charge in [0.25, 0.3) is 5.91 Å². The lowest BCUT2D eigenvalue weighted by molar-refractivity contribution is -0.286. The number of rotatable bonds is 8. The van der Waals surface area contributed by atoms with Gasteiger partial charge in [0.15, 0.2) is 11.5 Å². The summed E-state index contributed by atoms with van der Waals surface area (Å²) in [6, 6.07) is 4.20. The molecule has 0 unspecified atom stereocenters. The van der Waals surface area contributed by atoms with Gasteiger partial charge < -0.3 is 34.9 Å². The highest BCUT2D eigenvalue weighted by Gasteiger charge is 2.58. The van der Waals surface area contributed by atoms with E-state index in [0.717, 1.165) is 64.8 Å². The number of aromatic nitrogens is 2. The van der Waals surface area contributed by atoms with Crippen LogP contribution >= 0.6 is 0 Å². The number of methoxy groups -OCH3 is 1. The molecule has 2 amide bonds. The normalized spacial score (nSPS) is 33.8. The lowest BCUT2D eigenvalue weighted by Crippen LogP contribution is -2.49. The number of hydrogen-bond acceptors (Lipinski definition) is 10. The summed E-state index contributed by atoms with van der Waals surface area (Å²) < 4.78 is 47.1. The smallest absolute Gasteiger partial charge is 0.480 e. The molecule has 3 N–H and O–H groups in total. The van der Waals surface area contributed by atoms with E-state index < -0.39 is 24.2 Å². The number of halogens is 2. The Bertz CT molecular complexity index is 1520. The summed E-state index contributed by atoms with van der Waals surface area (Å²) in [6.45, 7) is 3.40. The molecule has 2 aliphatic heterocycles. The fourth-order valence-electron chi connectivity index (χ4n) is 8.87. The summed E-state index contributed by atoms with van der Waals surface area (Å²) >= 11 is 0. The van der Waals surface area contributed by atoms with Gasteiger partial charge in [-0.25, -0.2) is 9.97 Å². The molecule has 6 fully saturated rings. The van der Waals surface area contributed by atoms with Crippen molar-refractivity contribution in [2.24, 2.45) is 23.7 Å². The third kappa shape index (κ3) is 5.02. The van der Waals surface area contributed by atoms with Crippen LogP contribution in [-0.4, -0.2) is 84.0 Å². The molecule has 1 aromatic heterocycles. The van der Waals surface area contributed by atoms with E-state index in [4.69, 9.17) is 9.47 Å². The molecule has 45 heavy (non-hydrogen) atoms. The molecule has 5 aliphatic carbocycles. The van der Waals surface area contributed by atoms with Crippen LogP contribution in [0.15, 0.2) is 24.5 Å². The van der Waals surface area contributed by atoms with Crippen molar-refractivity contribution in [2.75, 3.05) is 44.0 Å². The summed E-state index contributed by atoms with van der Waals surface area (Å²) in [5.74, 6) is -0.00657. The summed E-state index contributed by atoms with van der Waals surface area (Å²) in [5, 5.41) is 9.63. The number of benzene rings is 1. The van der Waals surface area contributed by atoms with Gasteiger partial charge in [0.2, 0.25) is 11.8 Å². The van der Waals surface area contributed by atoms with Crippen LogP contribution in [0.4, 0.5) is 20.3 Å². The number of amides is 2. The quantitative estimate of drug-likeness (QED) is 0.401. The molecule has 4 bridgehead atoms. The van der Waals surface area contributed by atoms with Gasteiger partial charge in [-0.3, -0.25) is 14.5 Å². The van der Waals surface area contributed by atoms with Gasteiger partial charge in [-0.1, -0.05) is 0 Å². The van der Waals surface area contributed by atoms with Gasteiger partial charge in [-0.05, 0) is 68.4 Å². The van der Waals surface area contributed by atoms with Crippen LogP contribution in [0.3, 0.4) is 0 Å². The molecule has 14 heteroatoms. The number of anilines is 2. The molecular formula is C31H36F2N6O6. The first-order valence-electron chi connectivity index (χ1n) is 15.7. The molecule has 240 valence electrons. The fraction of sp³-hybridized carbons (Fsp3) is 0.613. The van der Waals surface area contributed by atoms with Gasteiger partial charge in [0, 0.05) is 42.5 Å². The van der Waals surface area contributed by atoms with E-state index in [1.54, 1.807) is 0 Å². The second kappa shape index (κ2) is 10.6. The zero-order valence-electron chi connectivity index (χ0n) is 24.9. The Balaban J connectivity index is 0.990. The lowest BCUT2D eigenvalue weighted by atomic mass is 9.76. The van der Waals surface area contributed by atoms with Gasteiger partial charge in [-0.2, -0.15) is 0 Å². The predicted molar refractivity (Wildman–Crippen MR) is 155 cm³/mol. The highest BCUT2D eigenvalue weighted by atomic mass is 19.3. The van der Waals surface area contributed by atoms with Gasteiger partial charge in [0.1, 0.15) is 17.7 Å². The number of morpholine rings is 1. The number of ether oxygens (including phenoxy) is 4. The minimum atomic E-state index is -3.75. The Morgan fingerprint density at radius 2 is 1.80 bits per heavy atom. The third-order valence-corrected chi connectivity index (χ3v) is 10.8. The first-order chi connectivity index (χ1) is 21.7. The van der Waals surface area contributed by atoms with E-state index in [1.807, 2.05) is 0 Å². The number of hydrogen-bond donors (Lipinski definition) is 3. The average Bonchev–Trinajstić information content (AvgIpc) is 3.82. The summed E-state index contributed by atoms with van der Waals surface area (Å²) in [7, 11) is 1.47. The number of carbonyl (C=O) groups excluding carboxylic acids is 2. The molecule has 5 atom stereocenters. The molecule has 12 nitrogen and oxygen atoms in total. The van der Waals surface area contributed by atoms with Crippen LogP contribution in [-0.2, 0) is 9.53 Å². The molecule has 1 aromatic carbocycles. The molecule has 7 aliphatic rings. The topological polar surface area (TPSA) is 136 Å². The molecule has 9 rings (SSSR count). The summed E-state index contributed by atoms with van der Waals surface area (Å²) in [5.41, 5.74) is 0.389. The van der Waals surface area contributed by atoms with E-state index >= 15 is 0 Å². The maximum Gasteiger partial charge on any atom is 0.586 e. The number of alkyl halides is 2. The van der Waals surface area contributed by atoms with Crippen LogP contribution in [0, 0.1) is 23.7 Å². The molecular weight excluding hydrogens is 590 g/mol. The Morgan fingerprint density at radius 3 is 2.60 bits per heavy atom. The van der Waals surface area contributed by atoms with Gasteiger partial charge in [-0.15, -0.1) is 8.78 Å². The van der Waals surface area contributed by atoms with E-state index in [-0.39, 0.29) is 46.2 Å². The highest BCUT2D eigenvalue weighted by molar-refractivity contribution is 6.02. The van der Waals surface area contributed by atoms with Gasteiger partial charge >= 0.3 is 6.29 Å². The van der Waals surface area contributed by atoms with Crippen molar-refractivity contribution in [3.05, 3.63) is 30.1 Å². The van der Waals surface area contributed by atoms with Crippen molar-refractivity contribution in [1.29, 1.82) is 0 Å². The summed E-state index contributed by atoms with van der Waals surface area (Å²) in [4.78, 5) is 38.9. The van der Waals surface area contributed by atoms with Crippen LogP contribution in [0.1, 0.15) is 48.9 Å². The van der Waals surface area contributed by atoms with E-state index in [2.05, 4.69) is 40.3 Å². The van der Waals surface area contributed by atoms with Crippen molar-refractivity contribution in [3.63, 3.8) is 0 Å². The van der Waals surface area contributed by atoms with Crippen LogP contribution in [0.2, 0.25) is 0 Å². The molecule has 1 saturated heterocycles. The zero-order chi connectivity index (χ0) is 30.9. The molecule has 5 saturated carbocycles. The van der Waals surface area contributed by atoms with Crippen LogP contribution < -0.4 is 30.2 Å². The van der Waals surface area contributed by atoms with E-state index in [0.29, 0.717) is 23.5 Å². The monoisotopic (exact) mass is 626 g/mol. The maximum absolute atomic E-state index is 14.0. The Labute approximate surface area is 258 Å². The largest absolute Gasteiger partial charge is 0.586 e. The van der Waals surface area contributed by atoms with Crippen molar-refractivity contribution in [3.8, 4) is 17.4 Å². The second-order valence-electron chi connectivity index (χ2n) is 13.3. The Kier molecular flexibility index (Phi) is 6.79. The molecule has 2 aromatic rings. The zero-order valence-corrected chi connectivity index (χ0v) is 24.9. The minimum absolute atomic E-state index is 0.0894. The minimum Gasteiger partial charge on any atom is -0.480 e. The molecule has 0 radical (unpaired) electrons. The maximum atomic E-state index is 14.0. The Morgan fingerprint density at radius 1 is 1.02 bits per heavy atom. The van der Waals surface area contributed by atoms with E-state index in [9.17, 15) is 18.4 Å². The first-order valence-corrected chi connectivity index (χ1v) is 15.7. The standard InChI is InChI=1S/C31H36F2N6O6/c1-42-29-24(26(34-15-35-29)38-30-12-18(13-30)20(14-30)39-6-8-43-9-7-39)28(41)37-25-17-3-2-16(10-17)23(25)27(40)36-19-4-5-21-22(11-19)45-31(32,33)44-21/h4-5,11,15-18,20,23,25H,2-3,6-10,12-14H2,1H3,(H,36,40)(H,37,41)(H,34,35,38)/t16-,17+,18?,20-,23+,25-,30?/m1/s1. The number of fused-ring (bicyclic) bond motifs is 4. The molecule has 0 spiro atoms. The SMILES string of the molecule is COc1ncnc(NC23CC(C2)[C@H](N2CCOCC2)C3)c1C(=O)N[C@@H]1[C@H]2CC[C@H](C2)[C@@H]1C(=O)Nc1ccc2c(c1)OC(F)(F)O2. The first kappa shape index (κ1) is 28.7. The lowest BCUT2D eigenvalue weighted by Gasteiger charge is -2.40. The Hall–Kier alpha value is -3.78. The van der Waals surface area contributed by atoms with Crippen molar-refractivity contribution >= 4 is 23.3 Å². The van der Waals surface area contributed by atoms with Crippen LogP contribution in [0.5, 0.6) is 17.4 Å². The second-order valence-corrected chi connectivity index (χ2v) is 13.3. The summed E-state index contributed by atoms with van der Waals surface area (Å²) in [6.07, 6.45) is 3.23. The van der Waals surface area contributed by atoms with Crippen molar-refractivity contribution in [1.82, 2.24) is 20.2 Å². The van der Waals surface area contributed by atoms with E-state index in [1.165, 1.54) is 31.6 Å². The average molecular weight is 627 g/mol. The van der Waals surface area contributed by atoms with Crippen molar-refractivity contribution < 1.29 is 37.3 Å². The highest BCUT2D eigenvalue weighted by Crippen LogP contribution is 2.56. The number of nitrogens with one attached hydrogen (secondary N) is 3. The fourth-order valence-corrected chi connectivity index (χ4v) is 8.87. The van der Waals surface area contributed by atoms with Crippen molar-refractivity contribution in [2.45, 2.75) is 62.4 Å². The number of nitrogens with zero attached hydrogens (tertiary/aromatic N) is 3. The third-order valence-electron chi connectivity index (χ3n) is 10.8. The molecule has 3 heterocycles. The predicted octanol–water partition coefficient (Wildman–Crippen LogP) is 3.26. The van der Waals surface area contributed by atoms with Gasteiger partial charge in [0.05, 0.1) is 26.2 Å².